The largest absolute Gasteiger partial charge is 0.322 e. The Hall–Kier alpha value is -1.22. The highest BCUT2D eigenvalue weighted by Gasteiger charge is 2.23. The van der Waals surface area contributed by atoms with Crippen molar-refractivity contribution in [3.05, 3.63) is 29.3 Å². The first-order chi connectivity index (χ1) is 8.99. The second-order valence-electron chi connectivity index (χ2n) is 4.86. The van der Waals surface area contributed by atoms with Gasteiger partial charge in [0.25, 0.3) is 0 Å². The molecule has 0 aliphatic heterocycles. The van der Waals surface area contributed by atoms with Crippen LogP contribution in [0.4, 0.5) is 10.5 Å². The topological polar surface area (TPSA) is 32.3 Å². The van der Waals surface area contributed by atoms with Crippen LogP contribution in [0, 0.1) is 0 Å². The van der Waals surface area contributed by atoms with E-state index in [1.165, 1.54) is 0 Å². The van der Waals surface area contributed by atoms with Crippen LogP contribution in [0.15, 0.2) is 24.3 Å². The monoisotopic (exact) mass is 282 g/mol. The molecular weight excluding hydrogens is 260 g/mol. The molecule has 2 atom stereocenters. The molecule has 0 fully saturated rings. The van der Waals surface area contributed by atoms with Crippen molar-refractivity contribution < 1.29 is 4.79 Å². The van der Waals surface area contributed by atoms with Gasteiger partial charge in [-0.05, 0) is 44.9 Å². The van der Waals surface area contributed by atoms with Gasteiger partial charge in [-0.2, -0.15) is 0 Å². The average Bonchev–Trinajstić information content (AvgIpc) is 2.38. The maximum atomic E-state index is 12.4. The van der Waals surface area contributed by atoms with Gasteiger partial charge in [-0.3, -0.25) is 0 Å². The van der Waals surface area contributed by atoms with Crippen molar-refractivity contribution in [2.45, 2.75) is 52.6 Å². The van der Waals surface area contributed by atoms with E-state index in [1.54, 1.807) is 12.1 Å². The maximum absolute atomic E-state index is 12.4. The molecule has 0 saturated carbocycles. The highest BCUT2D eigenvalue weighted by atomic mass is 35.5. The predicted octanol–water partition coefficient (Wildman–Crippen LogP) is 4.77. The summed E-state index contributed by atoms with van der Waals surface area (Å²) in [7, 11) is 0. The lowest BCUT2D eigenvalue weighted by molar-refractivity contribution is 0.163. The molecule has 1 aromatic rings. The second-order valence-corrected chi connectivity index (χ2v) is 5.30. The van der Waals surface area contributed by atoms with E-state index in [4.69, 9.17) is 11.6 Å². The van der Waals surface area contributed by atoms with Crippen LogP contribution in [0.3, 0.4) is 0 Å². The van der Waals surface area contributed by atoms with Crippen molar-refractivity contribution in [2.24, 2.45) is 0 Å². The van der Waals surface area contributed by atoms with E-state index < -0.39 is 0 Å². The zero-order valence-electron chi connectivity index (χ0n) is 12.1. The Morgan fingerprint density at radius 1 is 1.26 bits per heavy atom. The summed E-state index contributed by atoms with van der Waals surface area (Å²) in [5.74, 6) is 0. The molecule has 0 spiro atoms. The number of carbonyl (C=O) groups excluding carboxylic acids is 1. The number of hydrogen-bond acceptors (Lipinski definition) is 1. The fraction of sp³-hybridized carbons (Fsp3) is 0.533. The Bertz CT molecular complexity index is 412. The Morgan fingerprint density at radius 3 is 2.32 bits per heavy atom. The molecule has 2 amide bonds. The molecule has 1 rings (SSSR count). The number of benzene rings is 1. The molecule has 0 aliphatic rings. The van der Waals surface area contributed by atoms with Crippen molar-refractivity contribution in [1.29, 1.82) is 0 Å². The van der Waals surface area contributed by atoms with Crippen molar-refractivity contribution >= 4 is 23.3 Å². The van der Waals surface area contributed by atoms with Gasteiger partial charge in [0.1, 0.15) is 0 Å². The van der Waals surface area contributed by atoms with Gasteiger partial charge in [0.2, 0.25) is 0 Å². The molecule has 0 saturated heterocycles. The van der Waals surface area contributed by atoms with Crippen LogP contribution in [-0.2, 0) is 0 Å². The minimum absolute atomic E-state index is 0.0639. The summed E-state index contributed by atoms with van der Waals surface area (Å²) in [4.78, 5) is 14.3. The molecule has 0 heterocycles. The van der Waals surface area contributed by atoms with Crippen LogP contribution >= 0.6 is 11.6 Å². The first-order valence-corrected chi connectivity index (χ1v) is 7.22. The van der Waals surface area contributed by atoms with Gasteiger partial charge in [0, 0.05) is 22.8 Å². The summed E-state index contributed by atoms with van der Waals surface area (Å²) >= 11 is 5.92. The van der Waals surface area contributed by atoms with E-state index in [0.717, 1.165) is 18.5 Å². The van der Waals surface area contributed by atoms with Crippen molar-refractivity contribution in [2.75, 3.05) is 5.32 Å². The third-order valence-electron chi connectivity index (χ3n) is 3.44. The Labute approximate surface area is 120 Å². The zero-order valence-corrected chi connectivity index (χ0v) is 12.9. The molecule has 106 valence electrons. The third kappa shape index (κ3) is 4.43. The summed E-state index contributed by atoms with van der Waals surface area (Å²) in [6, 6.07) is 7.59. The van der Waals surface area contributed by atoms with Crippen LogP contribution in [0.2, 0.25) is 5.02 Å². The van der Waals surface area contributed by atoms with Crippen molar-refractivity contribution in [3.63, 3.8) is 0 Å². The van der Waals surface area contributed by atoms with Gasteiger partial charge in [-0.1, -0.05) is 31.5 Å². The summed E-state index contributed by atoms with van der Waals surface area (Å²) in [6.45, 7) is 8.33. The number of nitrogens with one attached hydrogen (secondary N) is 1. The number of urea groups is 1. The number of amides is 2. The van der Waals surface area contributed by atoms with E-state index in [9.17, 15) is 4.79 Å². The van der Waals surface area contributed by atoms with Crippen LogP contribution in [0.5, 0.6) is 0 Å². The fourth-order valence-corrected chi connectivity index (χ4v) is 2.17. The minimum Gasteiger partial charge on any atom is -0.319 e. The highest BCUT2D eigenvalue weighted by Crippen LogP contribution is 2.18. The number of rotatable bonds is 5. The molecule has 3 nitrogen and oxygen atoms in total. The lowest BCUT2D eigenvalue weighted by Gasteiger charge is -2.34. The highest BCUT2D eigenvalue weighted by molar-refractivity contribution is 6.30. The molecule has 1 N–H and O–H groups in total. The number of hydrogen-bond donors (Lipinski definition) is 1. The Kier molecular flexibility index (Phi) is 6.16. The smallest absolute Gasteiger partial charge is 0.319 e. The fourth-order valence-electron chi connectivity index (χ4n) is 1.98. The van der Waals surface area contributed by atoms with Gasteiger partial charge in [0.05, 0.1) is 0 Å². The number of halogens is 1. The van der Waals surface area contributed by atoms with E-state index in [2.05, 4.69) is 33.0 Å². The SMILES string of the molecule is CC[C@@H](C)N(C(=O)Nc1cccc(Cl)c1)[C@@H](C)CC. The van der Waals surface area contributed by atoms with E-state index in [1.807, 2.05) is 17.0 Å². The quantitative estimate of drug-likeness (QED) is 0.829. The lowest BCUT2D eigenvalue weighted by Crippen LogP contribution is -2.46. The average molecular weight is 283 g/mol. The van der Waals surface area contributed by atoms with Crippen molar-refractivity contribution in [3.8, 4) is 0 Å². The molecule has 0 bridgehead atoms. The Balaban J connectivity index is 2.82. The molecule has 0 aromatic heterocycles. The number of anilines is 1. The van der Waals surface area contributed by atoms with Crippen LogP contribution in [-0.4, -0.2) is 23.0 Å². The first-order valence-electron chi connectivity index (χ1n) is 6.84. The normalized spacial score (nSPS) is 13.7. The van der Waals surface area contributed by atoms with Gasteiger partial charge < -0.3 is 10.2 Å². The third-order valence-corrected chi connectivity index (χ3v) is 3.68. The maximum Gasteiger partial charge on any atom is 0.322 e. The lowest BCUT2D eigenvalue weighted by atomic mass is 10.1. The standard InChI is InChI=1S/C15H23ClN2O/c1-5-11(3)18(12(4)6-2)15(19)17-14-9-7-8-13(16)10-14/h7-12H,5-6H2,1-4H3,(H,17,19)/t11-,12+. The van der Waals surface area contributed by atoms with E-state index >= 15 is 0 Å². The predicted molar refractivity (Wildman–Crippen MR) is 81.8 cm³/mol. The summed E-state index contributed by atoms with van der Waals surface area (Å²) in [6.07, 6.45) is 1.88. The zero-order chi connectivity index (χ0) is 14.4. The first kappa shape index (κ1) is 15.8. The van der Waals surface area contributed by atoms with Crippen LogP contribution < -0.4 is 5.32 Å². The molecule has 1 aromatic carbocycles. The molecule has 0 radical (unpaired) electrons. The summed E-state index contributed by atoms with van der Waals surface area (Å²) in [5.41, 5.74) is 0.731. The van der Waals surface area contributed by atoms with E-state index in [-0.39, 0.29) is 18.1 Å². The summed E-state index contributed by atoms with van der Waals surface area (Å²) in [5, 5.41) is 3.54. The minimum atomic E-state index is -0.0639. The number of carbonyl (C=O) groups is 1. The van der Waals surface area contributed by atoms with Gasteiger partial charge in [0.15, 0.2) is 0 Å². The molecule has 4 heteroatoms. The van der Waals surface area contributed by atoms with Gasteiger partial charge in [-0.15, -0.1) is 0 Å². The molecule has 0 unspecified atom stereocenters. The molecular formula is C15H23ClN2O. The number of nitrogens with zero attached hydrogens (tertiary/aromatic N) is 1. The van der Waals surface area contributed by atoms with Crippen LogP contribution in [0.25, 0.3) is 0 Å². The van der Waals surface area contributed by atoms with Gasteiger partial charge >= 0.3 is 6.03 Å². The van der Waals surface area contributed by atoms with Crippen molar-refractivity contribution in [1.82, 2.24) is 4.90 Å². The molecule has 0 aliphatic carbocycles. The van der Waals surface area contributed by atoms with E-state index in [0.29, 0.717) is 5.02 Å². The molecule has 19 heavy (non-hydrogen) atoms. The van der Waals surface area contributed by atoms with Gasteiger partial charge in [-0.25, -0.2) is 4.79 Å². The Morgan fingerprint density at radius 2 is 1.84 bits per heavy atom. The summed E-state index contributed by atoms with van der Waals surface area (Å²) < 4.78 is 0. The van der Waals surface area contributed by atoms with Crippen LogP contribution in [0.1, 0.15) is 40.5 Å². The second kappa shape index (κ2) is 7.39.